The highest BCUT2D eigenvalue weighted by Gasteiger charge is 2.13. The molecule has 2 rings (SSSR count). The zero-order valence-electron chi connectivity index (χ0n) is 9.01. The summed E-state index contributed by atoms with van der Waals surface area (Å²) in [4.78, 5) is 0. The summed E-state index contributed by atoms with van der Waals surface area (Å²) >= 11 is 0. The summed E-state index contributed by atoms with van der Waals surface area (Å²) in [7, 11) is 0. The minimum atomic E-state index is -0.0662. The first-order valence-electron chi connectivity index (χ1n) is 5.83. The van der Waals surface area contributed by atoms with Crippen molar-refractivity contribution in [3.05, 3.63) is 35.6 Å². The Hall–Kier alpha value is -0.890. The molecule has 1 heterocycles. The molecule has 1 saturated heterocycles. The highest BCUT2D eigenvalue weighted by atomic mass is 19.1. The molecule has 0 saturated carbocycles. The number of rotatable bonds is 2. The lowest BCUT2D eigenvalue weighted by molar-refractivity contribution is 0.494. The van der Waals surface area contributed by atoms with Crippen LogP contribution in [0.4, 0.5) is 4.39 Å². The molecule has 1 nitrogen and oxygen atoms in total. The molecule has 1 aliphatic rings. The molecule has 0 radical (unpaired) electrons. The average Bonchev–Trinajstić information content (AvgIpc) is 2.50. The van der Waals surface area contributed by atoms with Crippen LogP contribution in [-0.4, -0.2) is 12.6 Å². The average molecular weight is 207 g/mol. The van der Waals surface area contributed by atoms with Crippen molar-refractivity contribution in [1.29, 1.82) is 0 Å². The maximum Gasteiger partial charge on any atom is 0.126 e. The molecule has 1 aromatic carbocycles. The molecule has 0 aliphatic carbocycles. The van der Waals surface area contributed by atoms with Gasteiger partial charge < -0.3 is 5.32 Å². The maximum absolute atomic E-state index is 13.4. The standard InChI is InChI=1S/C13H18FN/c14-13-8-4-3-6-11(13)10-12-7-2-1-5-9-15-12/h3-4,6,8,12,15H,1-2,5,7,9-10H2. The number of halogens is 1. The number of benzene rings is 1. The molecule has 0 aromatic heterocycles. The van der Waals surface area contributed by atoms with Gasteiger partial charge in [0.05, 0.1) is 0 Å². The molecule has 0 spiro atoms. The van der Waals surface area contributed by atoms with Crippen LogP contribution in [-0.2, 0) is 6.42 Å². The molecule has 1 aromatic rings. The van der Waals surface area contributed by atoms with Gasteiger partial charge in [0, 0.05) is 6.04 Å². The fourth-order valence-corrected chi connectivity index (χ4v) is 2.20. The summed E-state index contributed by atoms with van der Waals surface area (Å²) in [6.07, 6.45) is 5.83. The van der Waals surface area contributed by atoms with Gasteiger partial charge in [0.25, 0.3) is 0 Å². The predicted octanol–water partition coefficient (Wildman–Crippen LogP) is 2.90. The molecular formula is C13H18FN. The minimum absolute atomic E-state index is 0.0662. The fourth-order valence-electron chi connectivity index (χ4n) is 2.20. The molecule has 1 fully saturated rings. The second kappa shape index (κ2) is 5.26. The van der Waals surface area contributed by atoms with Crippen LogP contribution >= 0.6 is 0 Å². The Kier molecular flexibility index (Phi) is 3.73. The first kappa shape index (κ1) is 10.6. The van der Waals surface area contributed by atoms with Gasteiger partial charge in [-0.05, 0) is 37.4 Å². The van der Waals surface area contributed by atoms with Crippen LogP contribution in [0.1, 0.15) is 31.2 Å². The topological polar surface area (TPSA) is 12.0 Å². The maximum atomic E-state index is 13.4. The summed E-state index contributed by atoms with van der Waals surface area (Å²) < 4.78 is 13.4. The summed E-state index contributed by atoms with van der Waals surface area (Å²) in [5.41, 5.74) is 0.844. The van der Waals surface area contributed by atoms with Gasteiger partial charge in [-0.15, -0.1) is 0 Å². The van der Waals surface area contributed by atoms with E-state index in [2.05, 4.69) is 5.32 Å². The third-order valence-electron chi connectivity index (χ3n) is 3.09. The van der Waals surface area contributed by atoms with E-state index < -0.39 is 0 Å². The van der Waals surface area contributed by atoms with Crippen molar-refractivity contribution in [3.8, 4) is 0 Å². The van der Waals surface area contributed by atoms with E-state index >= 15 is 0 Å². The number of hydrogen-bond acceptors (Lipinski definition) is 1. The molecule has 0 bridgehead atoms. The van der Waals surface area contributed by atoms with E-state index in [0.29, 0.717) is 6.04 Å². The fraction of sp³-hybridized carbons (Fsp3) is 0.538. The number of nitrogens with one attached hydrogen (secondary N) is 1. The van der Waals surface area contributed by atoms with Crippen molar-refractivity contribution >= 4 is 0 Å². The van der Waals surface area contributed by atoms with Crippen molar-refractivity contribution in [1.82, 2.24) is 5.32 Å². The van der Waals surface area contributed by atoms with Crippen LogP contribution < -0.4 is 5.32 Å². The van der Waals surface area contributed by atoms with Crippen LogP contribution in [0.3, 0.4) is 0 Å². The normalized spacial score (nSPS) is 22.3. The molecule has 1 N–H and O–H groups in total. The SMILES string of the molecule is Fc1ccccc1CC1CCCCCN1. The first-order chi connectivity index (χ1) is 7.36. The molecular weight excluding hydrogens is 189 g/mol. The summed E-state index contributed by atoms with van der Waals surface area (Å²) in [5, 5.41) is 3.49. The Bertz CT molecular complexity index is 303. The van der Waals surface area contributed by atoms with E-state index in [0.717, 1.165) is 18.5 Å². The van der Waals surface area contributed by atoms with E-state index in [4.69, 9.17) is 0 Å². The van der Waals surface area contributed by atoms with Gasteiger partial charge in [-0.2, -0.15) is 0 Å². The Morgan fingerprint density at radius 3 is 2.93 bits per heavy atom. The molecule has 1 atom stereocenters. The summed E-state index contributed by atoms with van der Waals surface area (Å²) in [5.74, 6) is -0.0662. The van der Waals surface area contributed by atoms with Crippen LogP contribution in [0, 0.1) is 5.82 Å². The van der Waals surface area contributed by atoms with Gasteiger partial charge in [-0.1, -0.05) is 31.0 Å². The van der Waals surface area contributed by atoms with Crippen LogP contribution in [0.5, 0.6) is 0 Å². The summed E-state index contributed by atoms with van der Waals surface area (Å²) in [6.45, 7) is 1.08. The lowest BCUT2D eigenvalue weighted by Crippen LogP contribution is -2.30. The third kappa shape index (κ3) is 3.03. The van der Waals surface area contributed by atoms with Gasteiger partial charge in [-0.25, -0.2) is 4.39 Å². The Balaban J connectivity index is 1.98. The third-order valence-corrected chi connectivity index (χ3v) is 3.09. The van der Waals surface area contributed by atoms with Gasteiger partial charge in [0.2, 0.25) is 0 Å². The van der Waals surface area contributed by atoms with Gasteiger partial charge >= 0.3 is 0 Å². The van der Waals surface area contributed by atoms with E-state index in [1.54, 1.807) is 12.1 Å². The van der Waals surface area contributed by atoms with Crippen molar-refractivity contribution < 1.29 is 4.39 Å². The van der Waals surface area contributed by atoms with E-state index in [1.807, 2.05) is 12.1 Å². The number of hydrogen-bond donors (Lipinski definition) is 1. The van der Waals surface area contributed by atoms with Gasteiger partial charge in [0.1, 0.15) is 5.82 Å². The predicted molar refractivity (Wildman–Crippen MR) is 60.4 cm³/mol. The quantitative estimate of drug-likeness (QED) is 0.786. The van der Waals surface area contributed by atoms with Crippen molar-refractivity contribution in [3.63, 3.8) is 0 Å². The van der Waals surface area contributed by atoms with Gasteiger partial charge in [0.15, 0.2) is 0 Å². The second-order valence-electron chi connectivity index (χ2n) is 4.30. The van der Waals surface area contributed by atoms with Crippen LogP contribution in [0.25, 0.3) is 0 Å². The molecule has 1 aliphatic heterocycles. The monoisotopic (exact) mass is 207 g/mol. The molecule has 2 heteroatoms. The van der Waals surface area contributed by atoms with Crippen LogP contribution in [0.2, 0.25) is 0 Å². The Morgan fingerprint density at radius 2 is 2.07 bits per heavy atom. The lowest BCUT2D eigenvalue weighted by Gasteiger charge is -2.15. The first-order valence-corrected chi connectivity index (χ1v) is 5.83. The lowest BCUT2D eigenvalue weighted by atomic mass is 10.0. The highest BCUT2D eigenvalue weighted by Crippen LogP contribution is 2.15. The van der Waals surface area contributed by atoms with Crippen molar-refractivity contribution in [2.45, 2.75) is 38.1 Å². The zero-order chi connectivity index (χ0) is 10.5. The molecule has 1 unspecified atom stereocenters. The zero-order valence-corrected chi connectivity index (χ0v) is 9.01. The van der Waals surface area contributed by atoms with Crippen molar-refractivity contribution in [2.24, 2.45) is 0 Å². The Labute approximate surface area is 90.7 Å². The van der Waals surface area contributed by atoms with Gasteiger partial charge in [-0.3, -0.25) is 0 Å². The van der Waals surface area contributed by atoms with E-state index in [-0.39, 0.29) is 5.82 Å². The molecule has 15 heavy (non-hydrogen) atoms. The van der Waals surface area contributed by atoms with E-state index in [1.165, 1.54) is 25.7 Å². The smallest absolute Gasteiger partial charge is 0.126 e. The van der Waals surface area contributed by atoms with Crippen molar-refractivity contribution in [2.75, 3.05) is 6.54 Å². The highest BCUT2D eigenvalue weighted by molar-refractivity contribution is 5.18. The summed E-state index contributed by atoms with van der Waals surface area (Å²) in [6, 6.07) is 7.56. The second-order valence-corrected chi connectivity index (χ2v) is 4.30. The van der Waals surface area contributed by atoms with E-state index in [9.17, 15) is 4.39 Å². The minimum Gasteiger partial charge on any atom is -0.314 e. The molecule has 82 valence electrons. The Morgan fingerprint density at radius 1 is 1.20 bits per heavy atom. The molecule has 0 amide bonds. The largest absolute Gasteiger partial charge is 0.314 e. The van der Waals surface area contributed by atoms with Crippen LogP contribution in [0.15, 0.2) is 24.3 Å².